The Labute approximate surface area is 195 Å². The van der Waals surface area contributed by atoms with Crippen LogP contribution >= 0.6 is 0 Å². The maximum Gasteiger partial charge on any atom is 0.242 e. The van der Waals surface area contributed by atoms with Crippen LogP contribution in [0.1, 0.15) is 23.6 Å². The molecule has 0 amide bonds. The van der Waals surface area contributed by atoms with Gasteiger partial charge in [0.2, 0.25) is 11.7 Å². The van der Waals surface area contributed by atoms with Gasteiger partial charge in [-0.05, 0) is 24.5 Å². The number of hydrogen-bond donors (Lipinski definition) is 2. The highest BCUT2D eigenvalue weighted by Crippen LogP contribution is 2.30. The molecule has 0 atom stereocenters. The zero-order valence-electron chi connectivity index (χ0n) is 19.6. The summed E-state index contributed by atoms with van der Waals surface area (Å²) < 4.78 is 12.4. The summed E-state index contributed by atoms with van der Waals surface area (Å²) in [7, 11) is 3.15. The lowest BCUT2D eigenvalue weighted by molar-refractivity contribution is -0.513. The molecule has 4 aromatic rings. The summed E-state index contributed by atoms with van der Waals surface area (Å²) in [6.07, 6.45) is 3.15. The van der Waals surface area contributed by atoms with Crippen molar-refractivity contribution in [3.8, 4) is 11.5 Å². The molecule has 6 heteroatoms. The second kappa shape index (κ2) is 11.1. The average molecular weight is 444 g/mol. The van der Waals surface area contributed by atoms with Crippen molar-refractivity contribution >= 4 is 22.7 Å². The van der Waals surface area contributed by atoms with E-state index in [1.54, 1.807) is 37.1 Å². The van der Waals surface area contributed by atoms with Gasteiger partial charge in [0.15, 0.2) is 11.5 Å². The molecule has 0 aliphatic carbocycles. The molecular weight excluding hydrogens is 412 g/mol. The highest BCUT2D eigenvalue weighted by Gasteiger charge is 2.19. The molecular formula is C27H31N4O2+. The highest BCUT2D eigenvalue weighted by atomic mass is 16.5. The Bertz CT molecular complexity index is 1220. The smallest absolute Gasteiger partial charge is 0.242 e. The van der Waals surface area contributed by atoms with E-state index in [1.165, 1.54) is 11.1 Å². The summed E-state index contributed by atoms with van der Waals surface area (Å²) in [5.74, 6) is 1.92. The number of nitrogen functional groups attached to an aromatic ring is 1. The first-order valence-electron chi connectivity index (χ1n) is 10.9. The van der Waals surface area contributed by atoms with E-state index < -0.39 is 0 Å². The molecule has 0 spiro atoms. The van der Waals surface area contributed by atoms with E-state index in [1.807, 2.05) is 37.3 Å². The van der Waals surface area contributed by atoms with Gasteiger partial charge >= 0.3 is 0 Å². The topological polar surface area (TPSA) is 85.1 Å². The Balaban J connectivity index is 0.000000323. The molecule has 3 aromatic carbocycles. The number of nitrogens with two attached hydrogens (primary N) is 1. The number of fused-ring (bicyclic) bond motifs is 1. The van der Waals surface area contributed by atoms with Crippen molar-refractivity contribution in [1.82, 2.24) is 4.98 Å². The van der Waals surface area contributed by atoms with Gasteiger partial charge in [-0.25, -0.2) is 4.98 Å². The van der Waals surface area contributed by atoms with E-state index in [2.05, 4.69) is 36.2 Å². The van der Waals surface area contributed by atoms with Crippen LogP contribution in [0.5, 0.6) is 11.5 Å². The van der Waals surface area contributed by atoms with Crippen LogP contribution in [-0.2, 0) is 12.8 Å². The van der Waals surface area contributed by atoms with Gasteiger partial charge in [0, 0.05) is 12.1 Å². The SMILES string of the molecule is CCc1ccccc1.COc1cc2ncc(N)[n+](C(=N)Cc3ccc(C)cc3)c2cc1OC. The van der Waals surface area contributed by atoms with E-state index >= 15 is 0 Å². The largest absolute Gasteiger partial charge is 0.493 e. The van der Waals surface area contributed by atoms with Gasteiger partial charge < -0.3 is 15.2 Å². The van der Waals surface area contributed by atoms with Crippen LogP contribution in [0.25, 0.3) is 11.0 Å². The molecule has 0 saturated heterocycles. The summed E-state index contributed by atoms with van der Waals surface area (Å²) >= 11 is 0. The standard InChI is InChI=1S/C19H20N4O2.C8H10/c1-12-4-6-13(7-5-12)8-18(20)23-15-10-17(25-3)16(24-2)9-14(15)22-11-19(23)21;1-2-8-6-4-3-5-7-8/h4-7,9-11,20-21H,8H2,1-3H3;3-7H,2H2,1H3/p+1. The fraction of sp³-hybridized carbons (Fsp3) is 0.222. The summed E-state index contributed by atoms with van der Waals surface area (Å²) in [5, 5.41) is 8.55. The predicted octanol–water partition coefficient (Wildman–Crippen LogP) is 4.75. The van der Waals surface area contributed by atoms with E-state index in [9.17, 15) is 0 Å². The minimum absolute atomic E-state index is 0.362. The quantitative estimate of drug-likeness (QED) is 0.265. The normalized spacial score (nSPS) is 10.3. The first-order chi connectivity index (χ1) is 16.0. The Morgan fingerprint density at radius 3 is 2.15 bits per heavy atom. The van der Waals surface area contributed by atoms with E-state index in [0.29, 0.717) is 40.6 Å². The molecule has 170 valence electrons. The fourth-order valence-electron chi connectivity index (χ4n) is 3.47. The number of aromatic nitrogens is 2. The molecule has 0 fully saturated rings. The number of rotatable bonds is 5. The van der Waals surface area contributed by atoms with Crippen molar-refractivity contribution < 1.29 is 14.0 Å². The van der Waals surface area contributed by atoms with Crippen LogP contribution in [-0.4, -0.2) is 25.0 Å². The molecule has 6 nitrogen and oxygen atoms in total. The number of nitrogens with zero attached hydrogens (tertiary/aromatic N) is 2. The number of aryl methyl sites for hydroxylation is 2. The Morgan fingerprint density at radius 2 is 1.58 bits per heavy atom. The lowest BCUT2D eigenvalue weighted by atomic mass is 10.1. The van der Waals surface area contributed by atoms with Crippen molar-refractivity contribution in [2.45, 2.75) is 26.7 Å². The van der Waals surface area contributed by atoms with Crippen LogP contribution < -0.4 is 19.8 Å². The number of anilines is 1. The number of benzene rings is 3. The summed E-state index contributed by atoms with van der Waals surface area (Å²) in [4.78, 5) is 4.35. The molecule has 0 bridgehead atoms. The fourth-order valence-corrected chi connectivity index (χ4v) is 3.47. The second-order valence-electron chi connectivity index (χ2n) is 7.66. The van der Waals surface area contributed by atoms with Gasteiger partial charge in [0.05, 0.1) is 20.6 Å². The summed E-state index contributed by atoms with van der Waals surface area (Å²) in [6, 6.07) is 22.1. The van der Waals surface area contributed by atoms with E-state index in [0.717, 1.165) is 12.0 Å². The third-order valence-electron chi connectivity index (χ3n) is 5.33. The molecule has 1 aromatic heterocycles. The Morgan fingerprint density at radius 1 is 0.939 bits per heavy atom. The molecule has 3 N–H and O–H groups in total. The monoisotopic (exact) mass is 443 g/mol. The van der Waals surface area contributed by atoms with Gasteiger partial charge in [-0.1, -0.05) is 67.1 Å². The molecule has 33 heavy (non-hydrogen) atoms. The average Bonchev–Trinajstić information content (AvgIpc) is 2.85. The Hall–Kier alpha value is -3.93. The van der Waals surface area contributed by atoms with Crippen molar-refractivity contribution in [3.05, 3.63) is 89.6 Å². The van der Waals surface area contributed by atoms with Gasteiger partial charge in [-0.3, -0.25) is 0 Å². The number of methoxy groups -OCH3 is 2. The minimum atomic E-state index is 0.362. The maximum atomic E-state index is 8.55. The minimum Gasteiger partial charge on any atom is -0.493 e. The molecule has 4 rings (SSSR count). The number of nitrogens with one attached hydrogen (secondary N) is 1. The van der Waals surface area contributed by atoms with Crippen LogP contribution in [0.2, 0.25) is 0 Å². The lowest BCUT2D eigenvalue weighted by Crippen LogP contribution is -2.47. The predicted molar refractivity (Wildman–Crippen MR) is 133 cm³/mol. The lowest BCUT2D eigenvalue weighted by Gasteiger charge is -2.12. The maximum absolute atomic E-state index is 8.55. The van der Waals surface area contributed by atoms with Gasteiger partial charge in [-0.2, -0.15) is 9.98 Å². The summed E-state index contributed by atoms with van der Waals surface area (Å²) in [6.45, 7) is 4.20. The molecule has 0 saturated carbocycles. The molecule has 0 aliphatic heterocycles. The van der Waals surface area contributed by atoms with Gasteiger partial charge in [-0.15, -0.1) is 0 Å². The van der Waals surface area contributed by atoms with Gasteiger partial charge in [0.1, 0.15) is 17.2 Å². The van der Waals surface area contributed by atoms with Crippen LogP contribution in [0.4, 0.5) is 5.82 Å². The Kier molecular flexibility index (Phi) is 7.97. The van der Waals surface area contributed by atoms with Crippen molar-refractivity contribution in [1.29, 1.82) is 5.41 Å². The highest BCUT2D eigenvalue weighted by molar-refractivity contribution is 5.83. The van der Waals surface area contributed by atoms with Crippen molar-refractivity contribution in [3.63, 3.8) is 0 Å². The van der Waals surface area contributed by atoms with Crippen molar-refractivity contribution in [2.75, 3.05) is 20.0 Å². The van der Waals surface area contributed by atoms with Crippen LogP contribution in [0, 0.1) is 12.3 Å². The van der Waals surface area contributed by atoms with E-state index in [-0.39, 0.29) is 0 Å². The first-order valence-corrected chi connectivity index (χ1v) is 10.9. The van der Waals surface area contributed by atoms with Crippen LogP contribution in [0.15, 0.2) is 72.9 Å². The zero-order valence-corrected chi connectivity index (χ0v) is 19.6. The third kappa shape index (κ3) is 5.86. The van der Waals surface area contributed by atoms with Gasteiger partial charge in [0.25, 0.3) is 0 Å². The first kappa shape index (κ1) is 23.7. The number of ether oxygens (including phenoxy) is 2. The molecule has 0 unspecified atom stereocenters. The molecule has 1 heterocycles. The third-order valence-corrected chi connectivity index (χ3v) is 5.33. The molecule has 0 radical (unpaired) electrons. The number of hydrogen-bond acceptors (Lipinski definition) is 5. The summed E-state index contributed by atoms with van der Waals surface area (Å²) in [5.41, 5.74) is 11.1. The molecule has 0 aliphatic rings. The second-order valence-corrected chi connectivity index (χ2v) is 7.66. The van der Waals surface area contributed by atoms with Crippen LogP contribution in [0.3, 0.4) is 0 Å². The van der Waals surface area contributed by atoms with Crippen molar-refractivity contribution in [2.24, 2.45) is 0 Å². The zero-order chi connectivity index (χ0) is 23.8. The van der Waals surface area contributed by atoms with E-state index in [4.69, 9.17) is 20.6 Å².